The van der Waals surface area contributed by atoms with Gasteiger partial charge in [-0.15, -0.1) is 0 Å². The van der Waals surface area contributed by atoms with Crippen molar-refractivity contribution in [1.82, 2.24) is 5.43 Å². The van der Waals surface area contributed by atoms with Crippen molar-refractivity contribution in [3.63, 3.8) is 0 Å². The molecule has 118 valence electrons. The van der Waals surface area contributed by atoms with E-state index in [4.69, 9.17) is 5.84 Å². The lowest BCUT2D eigenvalue weighted by Gasteiger charge is -2.20. The second-order valence-corrected chi connectivity index (χ2v) is 7.57. The van der Waals surface area contributed by atoms with Crippen LogP contribution >= 0.6 is 0 Å². The fourth-order valence-corrected chi connectivity index (χ4v) is 4.48. The first-order valence-corrected chi connectivity index (χ1v) is 8.37. The molecule has 8 heteroatoms. The maximum atomic E-state index is 12.5. The Labute approximate surface area is 121 Å². The molecular formula is C13H17F3N2O2S. The maximum absolute atomic E-state index is 12.5. The lowest BCUT2D eigenvalue weighted by Crippen LogP contribution is -2.30. The van der Waals surface area contributed by atoms with E-state index < -0.39 is 21.6 Å². The Hall–Kier alpha value is -1.12. The summed E-state index contributed by atoms with van der Waals surface area (Å²) in [5, 5.41) is 0. The van der Waals surface area contributed by atoms with Crippen molar-refractivity contribution >= 4 is 9.84 Å². The highest BCUT2D eigenvalue weighted by molar-refractivity contribution is 7.91. The predicted octanol–water partition coefficient (Wildman–Crippen LogP) is 2.03. The van der Waals surface area contributed by atoms with E-state index >= 15 is 0 Å². The van der Waals surface area contributed by atoms with Gasteiger partial charge in [0, 0.05) is 6.04 Å². The molecule has 0 aliphatic carbocycles. The minimum absolute atomic E-state index is 0.0154. The summed E-state index contributed by atoms with van der Waals surface area (Å²) in [7, 11) is -2.97. The number of benzene rings is 1. The van der Waals surface area contributed by atoms with Gasteiger partial charge >= 0.3 is 6.18 Å². The average Bonchev–Trinajstić information content (AvgIpc) is 2.74. The van der Waals surface area contributed by atoms with Gasteiger partial charge in [0.1, 0.15) is 0 Å². The van der Waals surface area contributed by atoms with E-state index in [0.29, 0.717) is 18.4 Å². The zero-order valence-corrected chi connectivity index (χ0v) is 12.0. The Kier molecular flexibility index (Phi) is 4.60. The van der Waals surface area contributed by atoms with Crippen LogP contribution < -0.4 is 11.3 Å². The van der Waals surface area contributed by atoms with Gasteiger partial charge in [-0.25, -0.2) is 8.42 Å². The minimum atomic E-state index is -4.37. The molecule has 1 saturated heterocycles. The first kappa shape index (κ1) is 16.3. The fourth-order valence-electron chi connectivity index (χ4n) is 2.60. The summed E-state index contributed by atoms with van der Waals surface area (Å²) in [4.78, 5) is 0. The monoisotopic (exact) mass is 322 g/mol. The number of nitrogens with two attached hydrogens (primary N) is 1. The number of hydrogen-bond donors (Lipinski definition) is 2. The van der Waals surface area contributed by atoms with Crippen LogP contribution in [0.3, 0.4) is 0 Å². The Morgan fingerprint density at radius 3 is 2.33 bits per heavy atom. The van der Waals surface area contributed by atoms with Crippen LogP contribution in [0.5, 0.6) is 0 Å². The summed E-state index contributed by atoms with van der Waals surface area (Å²) in [6, 6.07) is 4.40. The summed E-state index contributed by atoms with van der Waals surface area (Å²) < 4.78 is 60.4. The number of sulfone groups is 1. The van der Waals surface area contributed by atoms with Crippen molar-refractivity contribution in [3.8, 4) is 0 Å². The molecule has 1 aromatic rings. The van der Waals surface area contributed by atoms with E-state index in [1.54, 1.807) is 0 Å². The van der Waals surface area contributed by atoms with Crippen LogP contribution in [0, 0.1) is 5.92 Å². The van der Waals surface area contributed by atoms with Crippen molar-refractivity contribution in [3.05, 3.63) is 35.4 Å². The summed E-state index contributed by atoms with van der Waals surface area (Å²) in [5.41, 5.74) is 2.46. The largest absolute Gasteiger partial charge is 0.416 e. The quantitative estimate of drug-likeness (QED) is 0.657. The first-order chi connectivity index (χ1) is 9.71. The number of alkyl halides is 3. The highest BCUT2D eigenvalue weighted by Crippen LogP contribution is 2.32. The Morgan fingerprint density at radius 2 is 1.90 bits per heavy atom. The van der Waals surface area contributed by atoms with Gasteiger partial charge in [0.05, 0.1) is 17.1 Å². The van der Waals surface area contributed by atoms with Crippen LogP contribution in [0.15, 0.2) is 24.3 Å². The molecule has 1 aliphatic heterocycles. The van der Waals surface area contributed by atoms with Gasteiger partial charge in [0.2, 0.25) is 0 Å². The molecular weight excluding hydrogens is 305 g/mol. The Morgan fingerprint density at radius 1 is 1.29 bits per heavy atom. The zero-order valence-electron chi connectivity index (χ0n) is 11.2. The lowest BCUT2D eigenvalue weighted by atomic mass is 9.94. The van der Waals surface area contributed by atoms with E-state index in [-0.39, 0.29) is 23.5 Å². The molecule has 2 rings (SSSR count). The third-order valence-corrected chi connectivity index (χ3v) is 5.57. The Bertz CT molecular complexity index is 584. The molecule has 1 fully saturated rings. The highest BCUT2D eigenvalue weighted by atomic mass is 32.2. The SMILES string of the molecule is NNC(CC1CCS(=O)(=O)C1)c1ccc(C(F)(F)F)cc1. The third-order valence-electron chi connectivity index (χ3n) is 3.74. The second kappa shape index (κ2) is 5.94. The third kappa shape index (κ3) is 4.18. The summed E-state index contributed by atoms with van der Waals surface area (Å²) in [5.74, 6) is 5.72. The Balaban J connectivity index is 2.08. The number of hydrogen-bond acceptors (Lipinski definition) is 4. The summed E-state index contributed by atoms with van der Waals surface area (Å²) in [6.07, 6.45) is -3.31. The summed E-state index contributed by atoms with van der Waals surface area (Å²) >= 11 is 0. The van der Waals surface area contributed by atoms with Crippen molar-refractivity contribution < 1.29 is 21.6 Å². The van der Waals surface area contributed by atoms with Crippen molar-refractivity contribution in [1.29, 1.82) is 0 Å². The van der Waals surface area contributed by atoms with E-state index in [1.165, 1.54) is 12.1 Å². The van der Waals surface area contributed by atoms with Crippen molar-refractivity contribution in [2.75, 3.05) is 11.5 Å². The van der Waals surface area contributed by atoms with E-state index in [0.717, 1.165) is 12.1 Å². The minimum Gasteiger partial charge on any atom is -0.271 e. The molecule has 4 nitrogen and oxygen atoms in total. The number of rotatable bonds is 4. The first-order valence-electron chi connectivity index (χ1n) is 6.55. The molecule has 2 unspecified atom stereocenters. The standard InChI is InChI=1S/C13H17F3N2O2S/c14-13(15,16)11-3-1-10(2-4-11)12(18-17)7-9-5-6-21(19,20)8-9/h1-4,9,12,18H,5-8,17H2. The molecule has 0 spiro atoms. The highest BCUT2D eigenvalue weighted by Gasteiger charge is 2.32. The molecule has 1 aromatic carbocycles. The number of nitrogens with one attached hydrogen (secondary N) is 1. The number of hydrazine groups is 1. The molecule has 0 aromatic heterocycles. The molecule has 1 aliphatic rings. The van der Waals surface area contributed by atoms with Gasteiger partial charge in [-0.2, -0.15) is 13.2 Å². The smallest absolute Gasteiger partial charge is 0.271 e. The molecule has 1 heterocycles. The van der Waals surface area contributed by atoms with Gasteiger partial charge in [0.15, 0.2) is 9.84 Å². The van der Waals surface area contributed by atoms with Gasteiger partial charge in [-0.3, -0.25) is 11.3 Å². The maximum Gasteiger partial charge on any atom is 0.416 e. The van der Waals surface area contributed by atoms with E-state index in [2.05, 4.69) is 5.43 Å². The van der Waals surface area contributed by atoms with E-state index in [9.17, 15) is 21.6 Å². The van der Waals surface area contributed by atoms with Crippen LogP contribution in [0.4, 0.5) is 13.2 Å². The van der Waals surface area contributed by atoms with Crippen molar-refractivity contribution in [2.24, 2.45) is 11.8 Å². The average molecular weight is 322 g/mol. The van der Waals surface area contributed by atoms with Crippen LogP contribution in [0.2, 0.25) is 0 Å². The zero-order chi connectivity index (χ0) is 15.7. The summed E-state index contributed by atoms with van der Waals surface area (Å²) in [6.45, 7) is 0. The predicted molar refractivity (Wildman–Crippen MR) is 72.9 cm³/mol. The second-order valence-electron chi connectivity index (χ2n) is 5.34. The van der Waals surface area contributed by atoms with Crippen LogP contribution in [-0.2, 0) is 16.0 Å². The fraction of sp³-hybridized carbons (Fsp3) is 0.538. The van der Waals surface area contributed by atoms with Crippen molar-refractivity contribution in [2.45, 2.75) is 25.1 Å². The van der Waals surface area contributed by atoms with Gasteiger partial charge in [0.25, 0.3) is 0 Å². The normalized spacial score (nSPS) is 23.1. The number of halogens is 3. The molecule has 0 radical (unpaired) electrons. The molecule has 2 atom stereocenters. The van der Waals surface area contributed by atoms with Crippen LogP contribution in [-0.4, -0.2) is 19.9 Å². The topological polar surface area (TPSA) is 72.2 Å². The van der Waals surface area contributed by atoms with E-state index in [1.807, 2.05) is 0 Å². The molecule has 0 bridgehead atoms. The lowest BCUT2D eigenvalue weighted by molar-refractivity contribution is -0.137. The van der Waals surface area contributed by atoms with Gasteiger partial charge < -0.3 is 0 Å². The molecule has 0 amide bonds. The van der Waals surface area contributed by atoms with Crippen LogP contribution in [0.25, 0.3) is 0 Å². The molecule has 21 heavy (non-hydrogen) atoms. The van der Waals surface area contributed by atoms with Gasteiger partial charge in [-0.1, -0.05) is 12.1 Å². The van der Waals surface area contributed by atoms with Crippen LogP contribution in [0.1, 0.15) is 30.0 Å². The molecule has 0 saturated carbocycles. The van der Waals surface area contributed by atoms with Gasteiger partial charge in [-0.05, 0) is 36.5 Å². The molecule has 3 N–H and O–H groups in total.